The van der Waals surface area contributed by atoms with Crippen LogP contribution in [0.4, 0.5) is 0 Å². The van der Waals surface area contributed by atoms with Gasteiger partial charge in [0.1, 0.15) is 0 Å². The van der Waals surface area contributed by atoms with Crippen LogP contribution in [-0.2, 0) is 9.53 Å². The number of carbonyl (C=O) groups excluding carboxylic acids is 1. The molecule has 0 aromatic rings. The minimum absolute atomic E-state index is 0.239. The van der Waals surface area contributed by atoms with E-state index in [1.807, 2.05) is 0 Å². The first-order valence-corrected chi connectivity index (χ1v) is 6.42. The molecule has 4 heteroatoms. The predicted octanol–water partition coefficient (Wildman–Crippen LogP) is 0.529. The van der Waals surface area contributed by atoms with Gasteiger partial charge in [-0.15, -0.1) is 0 Å². The fourth-order valence-corrected chi connectivity index (χ4v) is 2.04. The van der Waals surface area contributed by atoms with Crippen molar-refractivity contribution in [3.8, 4) is 0 Å². The van der Waals surface area contributed by atoms with Crippen molar-refractivity contribution in [3.63, 3.8) is 0 Å². The highest BCUT2D eigenvalue weighted by molar-refractivity contribution is 5.80. The van der Waals surface area contributed by atoms with Crippen molar-refractivity contribution in [3.05, 3.63) is 0 Å². The van der Waals surface area contributed by atoms with E-state index in [4.69, 9.17) is 4.74 Å². The van der Waals surface area contributed by atoms with E-state index in [0.717, 1.165) is 45.7 Å². The molecule has 2 N–H and O–H groups in total. The molecule has 16 heavy (non-hydrogen) atoms. The summed E-state index contributed by atoms with van der Waals surface area (Å²) in [6, 6.07) is 0. The first-order valence-electron chi connectivity index (χ1n) is 6.42. The summed E-state index contributed by atoms with van der Waals surface area (Å²) in [5.41, 5.74) is 0. The maximum absolute atomic E-state index is 11.3. The molecule has 2 aliphatic rings. The van der Waals surface area contributed by atoms with Crippen molar-refractivity contribution in [2.75, 3.05) is 32.8 Å². The van der Waals surface area contributed by atoms with Crippen LogP contribution in [0.15, 0.2) is 0 Å². The summed E-state index contributed by atoms with van der Waals surface area (Å²) in [4.78, 5) is 11.3. The zero-order valence-corrected chi connectivity index (χ0v) is 9.84. The molecule has 1 saturated carbocycles. The second kappa shape index (κ2) is 6.21. The largest absolute Gasteiger partial charge is 0.381 e. The van der Waals surface area contributed by atoms with E-state index in [2.05, 4.69) is 10.6 Å². The normalized spacial score (nSPS) is 25.4. The van der Waals surface area contributed by atoms with Crippen LogP contribution >= 0.6 is 0 Å². The SMILES string of the molecule is O=C(NCCNCC1CCCOC1)C1CC1. The van der Waals surface area contributed by atoms with Crippen molar-refractivity contribution < 1.29 is 9.53 Å². The van der Waals surface area contributed by atoms with Gasteiger partial charge in [0.15, 0.2) is 0 Å². The first kappa shape index (κ1) is 11.9. The van der Waals surface area contributed by atoms with Crippen LogP contribution < -0.4 is 10.6 Å². The number of rotatable bonds is 6. The van der Waals surface area contributed by atoms with Gasteiger partial charge in [0.2, 0.25) is 5.91 Å². The Morgan fingerprint density at radius 3 is 2.81 bits per heavy atom. The van der Waals surface area contributed by atoms with E-state index in [9.17, 15) is 4.79 Å². The van der Waals surface area contributed by atoms with Crippen molar-refractivity contribution in [2.45, 2.75) is 25.7 Å². The molecule has 1 aliphatic carbocycles. The summed E-state index contributed by atoms with van der Waals surface area (Å²) >= 11 is 0. The Morgan fingerprint density at radius 1 is 1.25 bits per heavy atom. The van der Waals surface area contributed by atoms with Crippen molar-refractivity contribution in [1.29, 1.82) is 0 Å². The second-order valence-corrected chi connectivity index (χ2v) is 4.85. The van der Waals surface area contributed by atoms with Crippen molar-refractivity contribution in [2.24, 2.45) is 11.8 Å². The van der Waals surface area contributed by atoms with E-state index < -0.39 is 0 Å². The van der Waals surface area contributed by atoms with Gasteiger partial charge in [-0.25, -0.2) is 0 Å². The summed E-state index contributed by atoms with van der Waals surface area (Å²) < 4.78 is 5.41. The van der Waals surface area contributed by atoms with Gasteiger partial charge in [0, 0.05) is 32.2 Å². The summed E-state index contributed by atoms with van der Waals surface area (Å²) in [5.74, 6) is 1.22. The molecule has 0 aromatic carbocycles. The fourth-order valence-electron chi connectivity index (χ4n) is 2.04. The van der Waals surface area contributed by atoms with E-state index in [1.54, 1.807) is 0 Å². The van der Waals surface area contributed by atoms with Gasteiger partial charge in [-0.05, 0) is 31.6 Å². The van der Waals surface area contributed by atoms with Gasteiger partial charge in [-0.3, -0.25) is 4.79 Å². The smallest absolute Gasteiger partial charge is 0.223 e. The maximum Gasteiger partial charge on any atom is 0.223 e. The molecule has 2 rings (SSSR count). The third-order valence-electron chi connectivity index (χ3n) is 3.24. The summed E-state index contributed by atoms with van der Waals surface area (Å²) in [7, 11) is 0. The standard InChI is InChI=1S/C12H22N2O2/c15-12(11-3-4-11)14-6-5-13-8-10-2-1-7-16-9-10/h10-11,13H,1-9H2,(H,14,15). The average molecular weight is 226 g/mol. The van der Waals surface area contributed by atoms with E-state index in [1.165, 1.54) is 12.8 Å². The van der Waals surface area contributed by atoms with E-state index >= 15 is 0 Å². The molecular weight excluding hydrogens is 204 g/mol. The lowest BCUT2D eigenvalue weighted by Gasteiger charge is -2.22. The molecule has 1 aliphatic heterocycles. The Kier molecular flexibility index (Phi) is 4.60. The first-order chi connectivity index (χ1) is 7.86. The number of nitrogens with one attached hydrogen (secondary N) is 2. The molecule has 0 bridgehead atoms. The lowest BCUT2D eigenvalue weighted by atomic mass is 10.0. The minimum Gasteiger partial charge on any atom is -0.381 e. The lowest BCUT2D eigenvalue weighted by Crippen LogP contribution is -2.36. The van der Waals surface area contributed by atoms with E-state index in [0.29, 0.717) is 11.8 Å². The average Bonchev–Trinajstić information content (AvgIpc) is 3.13. The molecule has 0 radical (unpaired) electrons. The third-order valence-corrected chi connectivity index (χ3v) is 3.24. The van der Waals surface area contributed by atoms with Crippen LogP contribution in [0.5, 0.6) is 0 Å². The molecular formula is C12H22N2O2. The van der Waals surface area contributed by atoms with Crippen LogP contribution in [0.3, 0.4) is 0 Å². The zero-order chi connectivity index (χ0) is 11.2. The number of carbonyl (C=O) groups is 1. The molecule has 4 nitrogen and oxygen atoms in total. The molecule has 1 heterocycles. The van der Waals surface area contributed by atoms with Gasteiger partial charge >= 0.3 is 0 Å². The predicted molar refractivity (Wildman–Crippen MR) is 62.1 cm³/mol. The van der Waals surface area contributed by atoms with Crippen LogP contribution in [-0.4, -0.2) is 38.8 Å². The summed E-state index contributed by atoms with van der Waals surface area (Å²) in [5, 5.41) is 6.32. The van der Waals surface area contributed by atoms with Crippen molar-refractivity contribution in [1.82, 2.24) is 10.6 Å². The van der Waals surface area contributed by atoms with Gasteiger partial charge < -0.3 is 15.4 Å². The van der Waals surface area contributed by atoms with Crippen molar-refractivity contribution >= 4 is 5.91 Å². The van der Waals surface area contributed by atoms with E-state index in [-0.39, 0.29) is 5.91 Å². The molecule has 0 aromatic heterocycles. The molecule has 0 spiro atoms. The Balaban J connectivity index is 1.43. The third kappa shape index (κ3) is 4.10. The highest BCUT2D eigenvalue weighted by atomic mass is 16.5. The Hall–Kier alpha value is -0.610. The van der Waals surface area contributed by atoms with Crippen LogP contribution in [0.2, 0.25) is 0 Å². The minimum atomic E-state index is 0.239. The van der Waals surface area contributed by atoms with Crippen LogP contribution in [0.25, 0.3) is 0 Å². The molecule has 1 unspecified atom stereocenters. The fraction of sp³-hybridized carbons (Fsp3) is 0.917. The number of ether oxygens (including phenoxy) is 1. The topological polar surface area (TPSA) is 50.4 Å². The molecule has 1 amide bonds. The van der Waals surface area contributed by atoms with Gasteiger partial charge in [-0.1, -0.05) is 0 Å². The molecule has 92 valence electrons. The Bertz CT molecular complexity index is 223. The molecule has 1 saturated heterocycles. The molecule has 1 atom stereocenters. The summed E-state index contributed by atoms with van der Waals surface area (Å²) in [6.07, 6.45) is 4.61. The monoisotopic (exact) mass is 226 g/mol. The maximum atomic E-state index is 11.3. The highest BCUT2D eigenvalue weighted by Gasteiger charge is 2.28. The summed E-state index contributed by atoms with van der Waals surface area (Å²) in [6.45, 7) is 4.45. The Morgan fingerprint density at radius 2 is 2.12 bits per heavy atom. The number of hydrogen-bond acceptors (Lipinski definition) is 3. The molecule has 2 fully saturated rings. The zero-order valence-electron chi connectivity index (χ0n) is 9.84. The van der Waals surface area contributed by atoms with Gasteiger partial charge in [-0.2, -0.15) is 0 Å². The lowest BCUT2D eigenvalue weighted by molar-refractivity contribution is -0.122. The quantitative estimate of drug-likeness (QED) is 0.650. The van der Waals surface area contributed by atoms with Gasteiger partial charge in [0.25, 0.3) is 0 Å². The van der Waals surface area contributed by atoms with Gasteiger partial charge in [0.05, 0.1) is 6.61 Å². The number of amides is 1. The highest BCUT2D eigenvalue weighted by Crippen LogP contribution is 2.28. The van der Waals surface area contributed by atoms with Crippen LogP contribution in [0.1, 0.15) is 25.7 Å². The van der Waals surface area contributed by atoms with Crippen LogP contribution in [0, 0.1) is 11.8 Å². The number of hydrogen-bond donors (Lipinski definition) is 2. The Labute approximate surface area is 97.1 Å². The second-order valence-electron chi connectivity index (χ2n) is 4.85.